The highest BCUT2D eigenvalue weighted by Gasteiger charge is 2.11. The highest BCUT2D eigenvalue weighted by atomic mass is 32.1. The fourth-order valence-electron chi connectivity index (χ4n) is 2.00. The van der Waals surface area contributed by atoms with Crippen LogP contribution in [0.5, 0.6) is 11.6 Å². The van der Waals surface area contributed by atoms with E-state index in [0.717, 1.165) is 34.5 Å². The van der Waals surface area contributed by atoms with Crippen molar-refractivity contribution in [3.05, 3.63) is 41.3 Å². The summed E-state index contributed by atoms with van der Waals surface area (Å²) in [6.07, 6.45) is 1.03. The maximum atomic E-state index is 6.02. The van der Waals surface area contributed by atoms with E-state index < -0.39 is 0 Å². The smallest absolute Gasteiger partial charge is 0.232 e. The predicted molar refractivity (Wildman–Crippen MR) is 87.4 cm³/mol. The number of benzene rings is 1. The zero-order chi connectivity index (χ0) is 14.7. The van der Waals surface area contributed by atoms with E-state index in [1.54, 1.807) is 11.3 Å². The Morgan fingerprint density at radius 3 is 2.86 bits per heavy atom. The fraction of sp³-hybridized carbons (Fsp3) is 0.250. The van der Waals surface area contributed by atoms with Gasteiger partial charge in [-0.25, -0.2) is 4.98 Å². The van der Waals surface area contributed by atoms with Crippen LogP contribution in [0, 0.1) is 6.92 Å². The monoisotopic (exact) mass is 299 g/mol. The number of anilines is 1. The zero-order valence-corrected chi connectivity index (χ0v) is 12.9. The Hall–Kier alpha value is -2.14. The Balaban J connectivity index is 2.00. The molecule has 0 aliphatic carbocycles. The largest absolute Gasteiger partial charge is 0.438 e. The second kappa shape index (κ2) is 6.10. The van der Waals surface area contributed by atoms with Gasteiger partial charge in [-0.15, -0.1) is 11.3 Å². The van der Waals surface area contributed by atoms with Crippen LogP contribution in [0.1, 0.15) is 18.9 Å². The van der Waals surface area contributed by atoms with Crippen LogP contribution in [-0.2, 0) is 0 Å². The normalized spacial score (nSPS) is 10.8. The van der Waals surface area contributed by atoms with Gasteiger partial charge in [-0.1, -0.05) is 25.1 Å². The van der Waals surface area contributed by atoms with Gasteiger partial charge < -0.3 is 10.1 Å². The number of hydrogen-bond donors (Lipinski definition) is 1. The van der Waals surface area contributed by atoms with Crippen molar-refractivity contribution in [1.82, 2.24) is 9.97 Å². The van der Waals surface area contributed by atoms with Crippen molar-refractivity contribution in [3.8, 4) is 11.6 Å². The summed E-state index contributed by atoms with van der Waals surface area (Å²) in [6.45, 7) is 4.99. The molecule has 3 rings (SSSR count). The van der Waals surface area contributed by atoms with Crippen LogP contribution >= 0.6 is 11.3 Å². The summed E-state index contributed by atoms with van der Waals surface area (Å²) >= 11 is 1.59. The first-order valence-corrected chi connectivity index (χ1v) is 7.88. The molecular formula is C16H17N3OS. The zero-order valence-electron chi connectivity index (χ0n) is 12.1. The SMILES string of the molecule is CCCNc1nc(Oc2ccccc2C)c2ccsc2n1. The molecule has 0 saturated carbocycles. The van der Waals surface area contributed by atoms with Crippen molar-refractivity contribution in [2.75, 3.05) is 11.9 Å². The molecule has 0 unspecified atom stereocenters. The van der Waals surface area contributed by atoms with E-state index in [-0.39, 0.29) is 0 Å². The molecule has 0 saturated heterocycles. The van der Waals surface area contributed by atoms with Crippen molar-refractivity contribution >= 4 is 27.5 Å². The van der Waals surface area contributed by atoms with E-state index in [0.29, 0.717) is 11.8 Å². The minimum absolute atomic E-state index is 0.606. The van der Waals surface area contributed by atoms with E-state index in [1.165, 1.54) is 0 Å². The Labute approximate surface area is 127 Å². The lowest BCUT2D eigenvalue weighted by atomic mass is 10.2. The van der Waals surface area contributed by atoms with Crippen molar-refractivity contribution in [2.24, 2.45) is 0 Å². The van der Waals surface area contributed by atoms with Gasteiger partial charge in [0.1, 0.15) is 10.6 Å². The molecular weight excluding hydrogens is 282 g/mol. The number of hydrogen-bond acceptors (Lipinski definition) is 5. The van der Waals surface area contributed by atoms with Crippen molar-refractivity contribution < 1.29 is 4.74 Å². The van der Waals surface area contributed by atoms with E-state index >= 15 is 0 Å². The van der Waals surface area contributed by atoms with Gasteiger partial charge in [0, 0.05) is 6.54 Å². The second-order valence-corrected chi connectivity index (χ2v) is 5.68. The van der Waals surface area contributed by atoms with E-state index in [4.69, 9.17) is 4.74 Å². The molecule has 0 fully saturated rings. The quantitative estimate of drug-likeness (QED) is 0.747. The highest BCUT2D eigenvalue weighted by Crippen LogP contribution is 2.32. The first-order chi connectivity index (χ1) is 10.3. The third-order valence-corrected chi connectivity index (χ3v) is 3.93. The van der Waals surface area contributed by atoms with Gasteiger partial charge >= 0.3 is 0 Å². The fourth-order valence-corrected chi connectivity index (χ4v) is 2.75. The van der Waals surface area contributed by atoms with Crippen molar-refractivity contribution in [3.63, 3.8) is 0 Å². The van der Waals surface area contributed by atoms with Gasteiger partial charge in [0.15, 0.2) is 0 Å². The molecule has 21 heavy (non-hydrogen) atoms. The van der Waals surface area contributed by atoms with Crippen molar-refractivity contribution in [2.45, 2.75) is 20.3 Å². The van der Waals surface area contributed by atoms with Crippen LogP contribution < -0.4 is 10.1 Å². The molecule has 0 bridgehead atoms. The number of aryl methyl sites for hydroxylation is 1. The summed E-state index contributed by atoms with van der Waals surface area (Å²) in [5.74, 6) is 2.05. The summed E-state index contributed by atoms with van der Waals surface area (Å²) in [6, 6.07) is 9.94. The molecule has 0 radical (unpaired) electrons. The molecule has 0 aliphatic heterocycles. The summed E-state index contributed by atoms with van der Waals surface area (Å²) in [4.78, 5) is 9.96. The summed E-state index contributed by atoms with van der Waals surface area (Å²) in [5, 5.41) is 6.18. The minimum Gasteiger partial charge on any atom is -0.438 e. The standard InChI is InChI=1S/C16H17N3OS/c1-3-9-17-16-18-14(12-8-10-21-15(12)19-16)20-13-7-5-4-6-11(13)2/h4-8,10H,3,9H2,1-2H3,(H,17,18,19). The third-order valence-electron chi connectivity index (χ3n) is 3.12. The van der Waals surface area contributed by atoms with Crippen LogP contribution in [0.4, 0.5) is 5.95 Å². The average molecular weight is 299 g/mol. The summed E-state index contributed by atoms with van der Waals surface area (Å²) < 4.78 is 6.02. The number of rotatable bonds is 5. The molecule has 1 N–H and O–H groups in total. The lowest BCUT2D eigenvalue weighted by Gasteiger charge is -2.10. The predicted octanol–water partition coefficient (Wildman–Crippen LogP) is 4.61. The van der Waals surface area contributed by atoms with Crippen LogP contribution in [-0.4, -0.2) is 16.5 Å². The number of nitrogens with zero attached hydrogens (tertiary/aromatic N) is 2. The first-order valence-electron chi connectivity index (χ1n) is 7.00. The number of fused-ring (bicyclic) bond motifs is 1. The Morgan fingerprint density at radius 2 is 2.05 bits per heavy atom. The first kappa shape index (κ1) is 13.8. The van der Waals surface area contributed by atoms with Gasteiger partial charge in [0.25, 0.3) is 0 Å². The van der Waals surface area contributed by atoms with Gasteiger partial charge in [0.05, 0.1) is 5.39 Å². The van der Waals surface area contributed by atoms with Crippen LogP contribution in [0.2, 0.25) is 0 Å². The molecule has 0 aliphatic rings. The Morgan fingerprint density at radius 1 is 1.19 bits per heavy atom. The molecule has 2 heterocycles. The molecule has 0 spiro atoms. The lowest BCUT2D eigenvalue weighted by Crippen LogP contribution is -2.05. The van der Waals surface area contributed by atoms with E-state index in [9.17, 15) is 0 Å². The maximum absolute atomic E-state index is 6.02. The number of thiophene rings is 1. The third kappa shape index (κ3) is 2.97. The average Bonchev–Trinajstić information content (AvgIpc) is 2.96. The summed E-state index contributed by atoms with van der Waals surface area (Å²) in [7, 11) is 0. The molecule has 2 aromatic heterocycles. The number of aromatic nitrogens is 2. The van der Waals surface area contributed by atoms with Crippen molar-refractivity contribution in [1.29, 1.82) is 0 Å². The molecule has 108 valence electrons. The van der Waals surface area contributed by atoms with E-state index in [1.807, 2.05) is 42.6 Å². The topological polar surface area (TPSA) is 47.0 Å². The maximum Gasteiger partial charge on any atom is 0.232 e. The molecule has 3 aromatic rings. The molecule has 0 atom stereocenters. The number of nitrogens with one attached hydrogen (secondary N) is 1. The van der Waals surface area contributed by atoms with Gasteiger partial charge in [0.2, 0.25) is 11.8 Å². The second-order valence-electron chi connectivity index (χ2n) is 4.79. The molecule has 4 nitrogen and oxygen atoms in total. The molecule has 5 heteroatoms. The van der Waals surface area contributed by atoms with Crippen LogP contribution in [0.15, 0.2) is 35.7 Å². The molecule has 1 aromatic carbocycles. The summed E-state index contributed by atoms with van der Waals surface area (Å²) in [5.41, 5.74) is 1.09. The van der Waals surface area contributed by atoms with Crippen LogP contribution in [0.25, 0.3) is 10.2 Å². The van der Waals surface area contributed by atoms with Gasteiger partial charge in [-0.05, 0) is 36.4 Å². The minimum atomic E-state index is 0.606. The number of ether oxygens (including phenoxy) is 1. The Bertz CT molecular complexity index is 754. The molecule has 0 amide bonds. The highest BCUT2D eigenvalue weighted by molar-refractivity contribution is 7.16. The van der Waals surface area contributed by atoms with Gasteiger partial charge in [-0.2, -0.15) is 4.98 Å². The van der Waals surface area contributed by atoms with E-state index in [2.05, 4.69) is 22.2 Å². The van der Waals surface area contributed by atoms with Gasteiger partial charge in [-0.3, -0.25) is 0 Å². The number of para-hydroxylation sites is 1. The van der Waals surface area contributed by atoms with Crippen LogP contribution in [0.3, 0.4) is 0 Å². The Kier molecular flexibility index (Phi) is 4.01. The lowest BCUT2D eigenvalue weighted by molar-refractivity contribution is 0.465.